The van der Waals surface area contributed by atoms with Crippen LogP contribution in [0.25, 0.3) is 0 Å². The Morgan fingerprint density at radius 3 is 2.44 bits per heavy atom. The van der Waals surface area contributed by atoms with Gasteiger partial charge >= 0.3 is 0 Å². The van der Waals surface area contributed by atoms with E-state index in [0.29, 0.717) is 6.54 Å². The predicted octanol–water partition coefficient (Wildman–Crippen LogP) is 5.23. The summed E-state index contributed by atoms with van der Waals surface area (Å²) in [5, 5.41) is 0. The fourth-order valence-electron chi connectivity index (χ4n) is 2.99. The van der Waals surface area contributed by atoms with Gasteiger partial charge in [0.05, 0.1) is 6.54 Å². The highest BCUT2D eigenvalue weighted by molar-refractivity contribution is 8.93. The number of hydrogen-bond acceptors (Lipinski definition) is 3. The van der Waals surface area contributed by atoms with Gasteiger partial charge in [0.25, 0.3) is 0 Å². The summed E-state index contributed by atoms with van der Waals surface area (Å²) in [7, 11) is 0. The van der Waals surface area contributed by atoms with Gasteiger partial charge in [-0.15, -0.1) is 17.0 Å². The van der Waals surface area contributed by atoms with E-state index in [0.717, 1.165) is 42.9 Å². The third-order valence-electron chi connectivity index (χ3n) is 4.41. The fraction of sp³-hybridized carbons (Fsp3) is 0.333. The second-order valence-electron chi connectivity index (χ2n) is 6.32. The zero-order valence-corrected chi connectivity index (χ0v) is 16.4. The lowest BCUT2D eigenvalue weighted by molar-refractivity contribution is 0.100. The number of hydrogen-bond donors (Lipinski definition) is 0. The molecule has 0 fully saturated rings. The topological polar surface area (TPSA) is 32.7 Å². The van der Waals surface area contributed by atoms with Crippen LogP contribution in [0.5, 0.6) is 0 Å². The molecule has 0 spiro atoms. The number of aryl methyl sites for hydroxylation is 1. The van der Waals surface area contributed by atoms with E-state index in [1.165, 1.54) is 12.0 Å². The van der Waals surface area contributed by atoms with Crippen LogP contribution in [0.3, 0.4) is 0 Å². The number of halogens is 1. The van der Waals surface area contributed by atoms with Crippen molar-refractivity contribution in [2.75, 3.05) is 18.0 Å². The molecule has 25 heavy (non-hydrogen) atoms. The first-order chi connectivity index (χ1) is 11.7. The van der Waals surface area contributed by atoms with Gasteiger partial charge < -0.3 is 4.90 Å². The number of ketones is 1. The van der Waals surface area contributed by atoms with E-state index in [2.05, 4.69) is 36.1 Å². The highest BCUT2D eigenvalue weighted by Crippen LogP contribution is 2.20. The molecule has 3 nitrogen and oxygen atoms in total. The van der Waals surface area contributed by atoms with Crippen molar-refractivity contribution < 1.29 is 4.79 Å². The highest BCUT2D eigenvalue weighted by atomic mass is 79.9. The van der Waals surface area contributed by atoms with Crippen molar-refractivity contribution in [2.24, 2.45) is 4.99 Å². The van der Waals surface area contributed by atoms with Gasteiger partial charge in [0.15, 0.2) is 5.78 Å². The van der Waals surface area contributed by atoms with Crippen molar-refractivity contribution in [1.29, 1.82) is 0 Å². The van der Waals surface area contributed by atoms with Gasteiger partial charge in [-0.25, -0.2) is 0 Å². The zero-order chi connectivity index (χ0) is 16.8. The second-order valence-corrected chi connectivity index (χ2v) is 6.32. The Hall–Kier alpha value is -1.94. The maximum Gasteiger partial charge on any atom is 0.182 e. The van der Waals surface area contributed by atoms with E-state index in [1.54, 1.807) is 0 Å². The van der Waals surface area contributed by atoms with Crippen molar-refractivity contribution in [1.82, 2.24) is 0 Å². The lowest BCUT2D eigenvalue weighted by Crippen LogP contribution is -2.36. The Labute approximate surface area is 160 Å². The SMILES string of the molecule is Br.Cc1ccc(N(CC(=O)c2ccccc2)C2=NCCCCC2)cc1. The summed E-state index contributed by atoms with van der Waals surface area (Å²) in [6.45, 7) is 3.27. The Bertz CT molecular complexity index is 710. The van der Waals surface area contributed by atoms with Gasteiger partial charge in [-0.2, -0.15) is 0 Å². The summed E-state index contributed by atoms with van der Waals surface area (Å²) in [6, 6.07) is 17.9. The minimum atomic E-state index is 0. The first-order valence-electron chi connectivity index (χ1n) is 8.70. The van der Waals surface area contributed by atoms with E-state index in [9.17, 15) is 4.79 Å². The molecule has 2 aromatic rings. The van der Waals surface area contributed by atoms with Gasteiger partial charge in [-0.3, -0.25) is 9.79 Å². The Kier molecular flexibility index (Phi) is 7.38. The first kappa shape index (κ1) is 19.4. The Morgan fingerprint density at radius 1 is 1.00 bits per heavy atom. The third kappa shape index (κ3) is 5.27. The van der Waals surface area contributed by atoms with E-state index >= 15 is 0 Å². The zero-order valence-electron chi connectivity index (χ0n) is 14.6. The fourth-order valence-corrected chi connectivity index (χ4v) is 2.99. The number of Topliss-reactive ketones (excluding diaryl/α,β-unsaturated/α-hetero) is 1. The maximum absolute atomic E-state index is 12.7. The molecule has 132 valence electrons. The monoisotopic (exact) mass is 400 g/mol. The standard InChI is InChI=1S/C21H24N2O.BrH/c1-17-11-13-19(14-12-17)23(21-10-6-3-7-15-22-21)16-20(24)18-8-4-2-5-9-18;/h2,4-5,8-9,11-14H,3,6-7,10,15-16H2,1H3;1H. The summed E-state index contributed by atoms with van der Waals surface area (Å²) in [5.41, 5.74) is 3.02. The third-order valence-corrected chi connectivity index (χ3v) is 4.41. The van der Waals surface area contributed by atoms with E-state index < -0.39 is 0 Å². The van der Waals surface area contributed by atoms with Gasteiger partial charge in [-0.05, 0) is 31.9 Å². The highest BCUT2D eigenvalue weighted by Gasteiger charge is 2.19. The van der Waals surface area contributed by atoms with Crippen LogP contribution in [-0.4, -0.2) is 24.7 Å². The van der Waals surface area contributed by atoms with Gasteiger partial charge in [-0.1, -0.05) is 54.4 Å². The number of amidine groups is 1. The van der Waals surface area contributed by atoms with Crippen molar-refractivity contribution in [3.63, 3.8) is 0 Å². The molecule has 0 unspecified atom stereocenters. The van der Waals surface area contributed by atoms with E-state index in [1.807, 2.05) is 30.3 Å². The van der Waals surface area contributed by atoms with Crippen molar-refractivity contribution in [3.8, 4) is 0 Å². The Morgan fingerprint density at radius 2 is 1.72 bits per heavy atom. The minimum Gasteiger partial charge on any atom is -0.322 e. The molecule has 0 atom stereocenters. The number of rotatable bonds is 4. The summed E-state index contributed by atoms with van der Waals surface area (Å²) < 4.78 is 0. The van der Waals surface area contributed by atoms with Crippen LogP contribution in [-0.2, 0) is 0 Å². The molecule has 0 N–H and O–H groups in total. The van der Waals surface area contributed by atoms with E-state index in [-0.39, 0.29) is 22.8 Å². The van der Waals surface area contributed by atoms with Crippen LogP contribution in [0.4, 0.5) is 5.69 Å². The number of nitrogens with zero attached hydrogens (tertiary/aromatic N) is 2. The van der Waals surface area contributed by atoms with Crippen LogP contribution in [0, 0.1) is 6.92 Å². The molecule has 0 aromatic heterocycles. The number of benzene rings is 2. The molecule has 4 heteroatoms. The predicted molar refractivity (Wildman–Crippen MR) is 110 cm³/mol. The van der Waals surface area contributed by atoms with Crippen LogP contribution in [0.15, 0.2) is 59.6 Å². The molecule has 1 aliphatic rings. The lowest BCUT2D eigenvalue weighted by atomic mass is 10.1. The summed E-state index contributed by atoms with van der Waals surface area (Å²) in [6.07, 6.45) is 4.43. The first-order valence-corrected chi connectivity index (χ1v) is 8.70. The maximum atomic E-state index is 12.7. The van der Waals surface area contributed by atoms with Gasteiger partial charge in [0.1, 0.15) is 5.84 Å². The molecule has 2 aromatic carbocycles. The molecule has 0 amide bonds. The van der Waals surface area contributed by atoms with Gasteiger partial charge in [0, 0.05) is 24.2 Å². The van der Waals surface area contributed by atoms with Crippen LogP contribution in [0.1, 0.15) is 41.6 Å². The summed E-state index contributed by atoms with van der Waals surface area (Å²) in [5.74, 6) is 1.17. The molecule has 0 saturated carbocycles. The molecular formula is C21H25BrN2O. The van der Waals surface area contributed by atoms with Gasteiger partial charge in [0.2, 0.25) is 0 Å². The number of aliphatic imine (C=N–C) groups is 1. The number of carbonyl (C=O) groups excluding carboxylic acids is 1. The van der Waals surface area contributed by atoms with Crippen molar-refractivity contribution in [3.05, 3.63) is 65.7 Å². The molecule has 0 aliphatic carbocycles. The van der Waals surface area contributed by atoms with Crippen molar-refractivity contribution >= 4 is 34.3 Å². The minimum absolute atomic E-state index is 0. The molecule has 1 heterocycles. The quantitative estimate of drug-likeness (QED) is 0.657. The smallest absolute Gasteiger partial charge is 0.182 e. The summed E-state index contributed by atoms with van der Waals surface area (Å²) >= 11 is 0. The molecular weight excluding hydrogens is 376 g/mol. The molecule has 0 bridgehead atoms. The summed E-state index contributed by atoms with van der Waals surface area (Å²) in [4.78, 5) is 19.6. The van der Waals surface area contributed by atoms with Crippen molar-refractivity contribution in [2.45, 2.75) is 32.6 Å². The molecule has 1 aliphatic heterocycles. The molecule has 0 saturated heterocycles. The largest absolute Gasteiger partial charge is 0.322 e. The Balaban J connectivity index is 0.00000225. The number of carbonyl (C=O) groups is 1. The van der Waals surface area contributed by atoms with Crippen LogP contribution in [0.2, 0.25) is 0 Å². The lowest BCUT2D eigenvalue weighted by Gasteiger charge is -2.25. The average Bonchev–Trinajstić information content (AvgIpc) is 2.90. The molecule has 3 rings (SSSR count). The van der Waals surface area contributed by atoms with Crippen LogP contribution < -0.4 is 4.90 Å². The van der Waals surface area contributed by atoms with E-state index in [4.69, 9.17) is 4.99 Å². The normalized spacial score (nSPS) is 14.0. The second kappa shape index (κ2) is 9.52. The van der Waals surface area contributed by atoms with Crippen LogP contribution >= 0.6 is 17.0 Å². The average molecular weight is 401 g/mol. The molecule has 0 radical (unpaired) electrons. The number of anilines is 1.